The molecule has 0 N–H and O–H groups in total. The molecule has 1 atom stereocenters. The molecule has 2 rings (SSSR count). The standard InChI is InChI=1S/C21H32ClNO3/c1-4-16-10-9-11-17(5-2)20(16)23(18(6-3)21(22)24)13-12-19-25-14-7-8-15-26-19/h9-11,18-19H,4-8,12-15H2,1-3H3. The Morgan fingerprint density at radius 1 is 1.15 bits per heavy atom. The van der Waals surface area contributed by atoms with Crippen LogP contribution in [0, 0.1) is 0 Å². The maximum atomic E-state index is 12.2. The Hall–Kier alpha value is -1.10. The Bertz CT molecular complexity index is 548. The van der Waals surface area contributed by atoms with E-state index >= 15 is 0 Å². The van der Waals surface area contributed by atoms with Crippen molar-refractivity contribution < 1.29 is 14.3 Å². The Labute approximate surface area is 162 Å². The molecule has 1 aromatic rings. The van der Waals surface area contributed by atoms with E-state index in [0.717, 1.165) is 51.0 Å². The van der Waals surface area contributed by atoms with E-state index in [-0.39, 0.29) is 17.6 Å². The summed E-state index contributed by atoms with van der Waals surface area (Å²) < 4.78 is 11.6. The largest absolute Gasteiger partial charge is 0.360 e. The topological polar surface area (TPSA) is 38.8 Å². The van der Waals surface area contributed by atoms with Crippen LogP contribution < -0.4 is 4.90 Å². The highest BCUT2D eigenvalue weighted by Gasteiger charge is 2.27. The van der Waals surface area contributed by atoms with Gasteiger partial charge in [0.25, 0.3) is 0 Å². The summed E-state index contributed by atoms with van der Waals surface area (Å²) in [5.41, 5.74) is 3.67. The number of nitrogens with zero attached hydrogens (tertiary/aromatic N) is 1. The molecule has 1 fully saturated rings. The molecule has 1 aliphatic heterocycles. The third-order valence-electron chi connectivity index (χ3n) is 5.03. The second-order valence-corrected chi connectivity index (χ2v) is 7.09. The predicted octanol–water partition coefficient (Wildman–Crippen LogP) is 4.71. The van der Waals surface area contributed by atoms with Crippen LogP contribution in [0.4, 0.5) is 5.69 Å². The third kappa shape index (κ3) is 5.45. The number of anilines is 1. The number of aryl methyl sites for hydroxylation is 2. The van der Waals surface area contributed by atoms with Gasteiger partial charge in [-0.3, -0.25) is 4.79 Å². The molecular formula is C21H32ClNO3. The van der Waals surface area contributed by atoms with E-state index in [9.17, 15) is 4.79 Å². The fourth-order valence-electron chi connectivity index (χ4n) is 3.60. The van der Waals surface area contributed by atoms with E-state index in [1.165, 1.54) is 11.1 Å². The normalized spacial score (nSPS) is 16.9. The summed E-state index contributed by atoms with van der Waals surface area (Å²) in [4.78, 5) is 14.3. The van der Waals surface area contributed by atoms with Crippen molar-refractivity contribution >= 4 is 22.5 Å². The van der Waals surface area contributed by atoms with Gasteiger partial charge in [0.1, 0.15) is 6.04 Å². The summed E-state index contributed by atoms with van der Waals surface area (Å²) in [6.45, 7) is 8.47. The van der Waals surface area contributed by atoms with Crippen LogP contribution in [-0.2, 0) is 27.1 Å². The maximum Gasteiger partial charge on any atom is 0.244 e. The number of hydrogen-bond acceptors (Lipinski definition) is 4. The Balaban J connectivity index is 2.30. The molecule has 0 radical (unpaired) electrons. The fourth-order valence-corrected chi connectivity index (χ4v) is 3.88. The van der Waals surface area contributed by atoms with Crippen LogP contribution in [0.25, 0.3) is 0 Å². The molecule has 4 nitrogen and oxygen atoms in total. The highest BCUT2D eigenvalue weighted by molar-refractivity contribution is 6.65. The van der Waals surface area contributed by atoms with Gasteiger partial charge in [-0.25, -0.2) is 0 Å². The molecule has 5 heteroatoms. The van der Waals surface area contributed by atoms with Gasteiger partial charge in [-0.05, 0) is 54.8 Å². The molecule has 0 saturated carbocycles. The molecular weight excluding hydrogens is 350 g/mol. The van der Waals surface area contributed by atoms with Crippen molar-refractivity contribution in [3.8, 4) is 0 Å². The highest BCUT2D eigenvalue weighted by atomic mass is 35.5. The van der Waals surface area contributed by atoms with Gasteiger partial charge in [-0.1, -0.05) is 39.0 Å². The predicted molar refractivity (Wildman–Crippen MR) is 107 cm³/mol. The molecule has 0 spiro atoms. The van der Waals surface area contributed by atoms with Gasteiger partial charge in [0.15, 0.2) is 6.29 Å². The first-order valence-electron chi connectivity index (χ1n) is 9.92. The lowest BCUT2D eigenvalue weighted by atomic mass is 9.99. The zero-order valence-corrected chi connectivity index (χ0v) is 17.1. The van der Waals surface area contributed by atoms with Crippen molar-refractivity contribution in [2.45, 2.75) is 71.6 Å². The van der Waals surface area contributed by atoms with E-state index in [4.69, 9.17) is 21.1 Å². The van der Waals surface area contributed by atoms with E-state index in [1.807, 2.05) is 6.92 Å². The molecule has 0 amide bonds. The van der Waals surface area contributed by atoms with Crippen LogP contribution in [0.2, 0.25) is 0 Å². The number of rotatable bonds is 9. The van der Waals surface area contributed by atoms with Crippen LogP contribution >= 0.6 is 11.6 Å². The van der Waals surface area contributed by atoms with Gasteiger partial charge in [-0.2, -0.15) is 0 Å². The van der Waals surface area contributed by atoms with Crippen LogP contribution in [0.15, 0.2) is 18.2 Å². The van der Waals surface area contributed by atoms with E-state index in [0.29, 0.717) is 13.0 Å². The average molecular weight is 382 g/mol. The molecule has 0 aliphatic carbocycles. The second-order valence-electron chi connectivity index (χ2n) is 6.72. The minimum absolute atomic E-state index is 0.207. The number of hydrogen-bond donors (Lipinski definition) is 0. The smallest absolute Gasteiger partial charge is 0.244 e. The van der Waals surface area contributed by atoms with Gasteiger partial charge < -0.3 is 14.4 Å². The highest BCUT2D eigenvalue weighted by Crippen LogP contribution is 2.31. The number of benzene rings is 1. The van der Waals surface area contributed by atoms with E-state index in [2.05, 4.69) is 36.9 Å². The summed E-state index contributed by atoms with van der Waals surface area (Å²) >= 11 is 5.98. The third-order valence-corrected chi connectivity index (χ3v) is 5.28. The molecule has 1 saturated heterocycles. The Morgan fingerprint density at radius 3 is 2.19 bits per heavy atom. The minimum Gasteiger partial charge on any atom is -0.360 e. The average Bonchev–Trinajstić information content (AvgIpc) is 2.93. The molecule has 0 bridgehead atoms. The number of para-hydroxylation sites is 1. The Morgan fingerprint density at radius 2 is 1.73 bits per heavy atom. The first kappa shape index (κ1) is 21.2. The summed E-state index contributed by atoms with van der Waals surface area (Å²) in [5, 5.41) is -0.303. The lowest BCUT2D eigenvalue weighted by molar-refractivity contribution is -0.128. The zero-order chi connectivity index (χ0) is 18.9. The molecule has 1 heterocycles. The van der Waals surface area contributed by atoms with E-state index in [1.54, 1.807) is 0 Å². The lowest BCUT2D eigenvalue weighted by Gasteiger charge is -2.35. The summed E-state index contributed by atoms with van der Waals surface area (Å²) in [6, 6.07) is 6.05. The molecule has 146 valence electrons. The van der Waals surface area contributed by atoms with Gasteiger partial charge in [0.2, 0.25) is 5.24 Å². The van der Waals surface area contributed by atoms with Gasteiger partial charge in [0, 0.05) is 31.9 Å². The van der Waals surface area contributed by atoms with Gasteiger partial charge in [-0.15, -0.1) is 0 Å². The van der Waals surface area contributed by atoms with E-state index < -0.39 is 0 Å². The molecule has 1 aliphatic rings. The molecule has 1 unspecified atom stereocenters. The fraction of sp³-hybridized carbons (Fsp3) is 0.667. The van der Waals surface area contributed by atoms with Gasteiger partial charge in [0.05, 0.1) is 0 Å². The van der Waals surface area contributed by atoms with Crippen LogP contribution in [0.3, 0.4) is 0 Å². The molecule has 1 aromatic carbocycles. The number of halogens is 1. The first-order valence-corrected chi connectivity index (χ1v) is 10.3. The number of ether oxygens (including phenoxy) is 2. The van der Waals surface area contributed by atoms with Crippen molar-refractivity contribution in [1.29, 1.82) is 0 Å². The SMILES string of the molecule is CCc1cccc(CC)c1N(CCC1OCCCCO1)C(CC)C(=O)Cl. The quantitative estimate of drug-likeness (QED) is 0.581. The summed E-state index contributed by atoms with van der Waals surface area (Å²) in [7, 11) is 0. The number of carbonyl (C=O) groups is 1. The van der Waals surface area contributed by atoms with Crippen LogP contribution in [-0.4, -0.2) is 37.3 Å². The van der Waals surface area contributed by atoms with Gasteiger partial charge >= 0.3 is 0 Å². The minimum atomic E-state index is -0.333. The maximum absolute atomic E-state index is 12.2. The van der Waals surface area contributed by atoms with Crippen LogP contribution in [0.1, 0.15) is 57.6 Å². The van der Waals surface area contributed by atoms with Crippen molar-refractivity contribution in [2.24, 2.45) is 0 Å². The summed E-state index contributed by atoms with van der Waals surface area (Å²) in [6.07, 6.45) is 5.11. The summed E-state index contributed by atoms with van der Waals surface area (Å²) in [5.74, 6) is 0. The zero-order valence-electron chi connectivity index (χ0n) is 16.3. The number of carbonyl (C=O) groups excluding carboxylic acids is 1. The lowest BCUT2D eigenvalue weighted by Crippen LogP contribution is -2.42. The second kappa shape index (κ2) is 10.9. The molecule has 26 heavy (non-hydrogen) atoms. The van der Waals surface area contributed by atoms with Crippen molar-refractivity contribution in [1.82, 2.24) is 0 Å². The van der Waals surface area contributed by atoms with Crippen LogP contribution in [0.5, 0.6) is 0 Å². The Kier molecular flexibility index (Phi) is 8.89. The molecule has 0 aromatic heterocycles. The van der Waals surface area contributed by atoms with Crippen molar-refractivity contribution in [2.75, 3.05) is 24.7 Å². The van der Waals surface area contributed by atoms with Crippen molar-refractivity contribution in [3.05, 3.63) is 29.3 Å². The van der Waals surface area contributed by atoms with Crippen molar-refractivity contribution in [3.63, 3.8) is 0 Å². The first-order chi connectivity index (χ1) is 12.6. The monoisotopic (exact) mass is 381 g/mol.